The van der Waals surface area contributed by atoms with E-state index >= 15 is 0 Å². The second kappa shape index (κ2) is 12.7. The van der Waals surface area contributed by atoms with Gasteiger partial charge in [0, 0.05) is 18.5 Å². The fraction of sp³-hybridized carbons (Fsp3) is 0.192. The van der Waals surface area contributed by atoms with Gasteiger partial charge in [0.1, 0.15) is 18.1 Å². The van der Waals surface area contributed by atoms with Gasteiger partial charge in [-0.3, -0.25) is 9.59 Å². The highest BCUT2D eigenvalue weighted by atomic mass is 16.5. The summed E-state index contributed by atoms with van der Waals surface area (Å²) in [7, 11) is 0. The highest BCUT2D eigenvalue weighted by Gasteiger charge is 2.07. The Morgan fingerprint density at radius 2 is 1.45 bits per heavy atom. The molecular weight excluding hydrogens is 418 g/mol. The Morgan fingerprint density at radius 1 is 0.818 bits per heavy atom. The summed E-state index contributed by atoms with van der Waals surface area (Å²) in [6.45, 7) is 2.98. The lowest BCUT2D eigenvalue weighted by molar-refractivity contribution is -0.124. The number of nitrogens with zero attached hydrogens (tertiary/aromatic N) is 1. The molecule has 170 valence electrons. The Hall–Kier alpha value is -4.13. The van der Waals surface area contributed by atoms with Gasteiger partial charge in [-0.15, -0.1) is 0 Å². The Labute approximate surface area is 193 Å². The Balaban J connectivity index is 1.35. The van der Waals surface area contributed by atoms with Crippen LogP contribution in [0.4, 0.5) is 5.69 Å². The number of rotatable bonds is 11. The predicted octanol–water partition coefficient (Wildman–Crippen LogP) is 4.53. The Kier molecular flexibility index (Phi) is 9.03. The second-order valence-corrected chi connectivity index (χ2v) is 7.14. The zero-order chi connectivity index (χ0) is 23.3. The Morgan fingerprint density at radius 3 is 2.15 bits per heavy atom. The molecule has 2 N–H and O–H groups in total. The second-order valence-electron chi connectivity index (χ2n) is 7.14. The number of benzene rings is 3. The van der Waals surface area contributed by atoms with Crippen molar-refractivity contribution in [2.75, 3.05) is 11.9 Å². The van der Waals surface area contributed by atoms with E-state index < -0.39 is 0 Å². The molecule has 7 nitrogen and oxygen atoms in total. The molecule has 0 saturated carbocycles. The molecule has 0 unspecified atom stereocenters. The minimum absolute atomic E-state index is 0.0342. The van der Waals surface area contributed by atoms with Crippen molar-refractivity contribution >= 4 is 23.7 Å². The van der Waals surface area contributed by atoms with Gasteiger partial charge in [0.15, 0.2) is 0 Å². The topological polar surface area (TPSA) is 89.0 Å². The molecule has 33 heavy (non-hydrogen) atoms. The van der Waals surface area contributed by atoms with Crippen molar-refractivity contribution in [1.82, 2.24) is 5.43 Å². The summed E-state index contributed by atoms with van der Waals surface area (Å²) >= 11 is 0. The average Bonchev–Trinajstić information content (AvgIpc) is 2.84. The SMILES string of the molecule is CCOc1ccc(NC(=O)CCC(=O)NN=Cc2ccc(OCc3ccccc3)cc2)cc1. The van der Waals surface area contributed by atoms with E-state index in [1.54, 1.807) is 30.5 Å². The van der Waals surface area contributed by atoms with Gasteiger partial charge >= 0.3 is 0 Å². The van der Waals surface area contributed by atoms with Crippen LogP contribution in [0.25, 0.3) is 0 Å². The fourth-order valence-corrected chi connectivity index (χ4v) is 2.88. The molecule has 0 aliphatic carbocycles. The van der Waals surface area contributed by atoms with E-state index in [2.05, 4.69) is 15.8 Å². The molecule has 0 aliphatic heterocycles. The summed E-state index contributed by atoms with van der Waals surface area (Å²) < 4.78 is 11.1. The number of ether oxygens (including phenoxy) is 2. The third-order valence-corrected chi connectivity index (χ3v) is 4.56. The number of hydrazone groups is 1. The largest absolute Gasteiger partial charge is 0.494 e. The zero-order valence-electron chi connectivity index (χ0n) is 18.5. The molecule has 0 saturated heterocycles. The van der Waals surface area contributed by atoms with Crippen LogP contribution in [0.3, 0.4) is 0 Å². The number of carbonyl (C=O) groups is 2. The Bertz CT molecular complexity index is 1050. The van der Waals surface area contributed by atoms with Crippen LogP contribution in [0.5, 0.6) is 11.5 Å². The first-order valence-electron chi connectivity index (χ1n) is 10.7. The number of nitrogens with one attached hydrogen (secondary N) is 2. The monoisotopic (exact) mass is 445 g/mol. The maximum Gasteiger partial charge on any atom is 0.240 e. The average molecular weight is 446 g/mol. The molecular formula is C26H27N3O4. The predicted molar refractivity (Wildman–Crippen MR) is 128 cm³/mol. The molecule has 0 bridgehead atoms. The van der Waals surface area contributed by atoms with Gasteiger partial charge < -0.3 is 14.8 Å². The van der Waals surface area contributed by atoms with Crippen molar-refractivity contribution in [2.24, 2.45) is 5.10 Å². The number of carbonyl (C=O) groups excluding carboxylic acids is 2. The lowest BCUT2D eigenvalue weighted by Gasteiger charge is -2.07. The molecule has 2 amide bonds. The molecule has 7 heteroatoms. The van der Waals surface area contributed by atoms with Crippen molar-refractivity contribution in [3.63, 3.8) is 0 Å². The van der Waals surface area contributed by atoms with E-state index in [0.29, 0.717) is 18.9 Å². The summed E-state index contributed by atoms with van der Waals surface area (Å²) in [4.78, 5) is 24.0. The van der Waals surface area contributed by atoms with E-state index in [-0.39, 0.29) is 24.7 Å². The van der Waals surface area contributed by atoms with Crippen LogP contribution >= 0.6 is 0 Å². The van der Waals surface area contributed by atoms with Gasteiger partial charge in [-0.1, -0.05) is 30.3 Å². The maximum atomic E-state index is 12.0. The summed E-state index contributed by atoms with van der Waals surface area (Å²) in [6, 6.07) is 24.4. The quantitative estimate of drug-likeness (QED) is 0.335. The highest BCUT2D eigenvalue weighted by molar-refractivity contribution is 5.93. The third kappa shape index (κ3) is 8.49. The van der Waals surface area contributed by atoms with Gasteiger partial charge in [0.2, 0.25) is 11.8 Å². The smallest absolute Gasteiger partial charge is 0.240 e. The zero-order valence-corrected chi connectivity index (χ0v) is 18.5. The van der Waals surface area contributed by atoms with Gasteiger partial charge in [-0.05, 0) is 66.6 Å². The molecule has 0 atom stereocenters. The summed E-state index contributed by atoms with van der Waals surface area (Å²) in [5.41, 5.74) is 5.00. The maximum absolute atomic E-state index is 12.0. The molecule has 0 spiro atoms. The van der Waals surface area contributed by atoms with E-state index in [9.17, 15) is 9.59 Å². The van der Waals surface area contributed by atoms with Gasteiger partial charge in [-0.25, -0.2) is 5.43 Å². The minimum Gasteiger partial charge on any atom is -0.494 e. The molecule has 0 aromatic heterocycles. The highest BCUT2D eigenvalue weighted by Crippen LogP contribution is 2.16. The van der Waals surface area contributed by atoms with Crippen molar-refractivity contribution in [2.45, 2.75) is 26.4 Å². The molecule has 0 aliphatic rings. The van der Waals surface area contributed by atoms with E-state index in [0.717, 1.165) is 22.6 Å². The van der Waals surface area contributed by atoms with Crippen LogP contribution in [0.2, 0.25) is 0 Å². The molecule has 0 heterocycles. The first-order chi connectivity index (χ1) is 16.1. The number of amides is 2. The molecule has 3 aromatic carbocycles. The molecule has 3 rings (SSSR count). The third-order valence-electron chi connectivity index (χ3n) is 4.56. The van der Waals surface area contributed by atoms with Crippen LogP contribution in [0.15, 0.2) is 84.0 Å². The normalized spacial score (nSPS) is 10.6. The number of hydrogen-bond donors (Lipinski definition) is 2. The van der Waals surface area contributed by atoms with Gasteiger partial charge in [0.25, 0.3) is 0 Å². The van der Waals surface area contributed by atoms with E-state index in [4.69, 9.17) is 9.47 Å². The summed E-state index contributed by atoms with van der Waals surface area (Å²) in [5.74, 6) is 0.904. The number of hydrogen-bond acceptors (Lipinski definition) is 5. The van der Waals surface area contributed by atoms with Crippen LogP contribution in [-0.2, 0) is 16.2 Å². The van der Waals surface area contributed by atoms with Crippen molar-refractivity contribution in [3.05, 3.63) is 90.0 Å². The summed E-state index contributed by atoms with van der Waals surface area (Å²) in [6.07, 6.45) is 1.63. The number of anilines is 1. The van der Waals surface area contributed by atoms with E-state index in [1.165, 1.54) is 0 Å². The van der Waals surface area contributed by atoms with Crippen molar-refractivity contribution < 1.29 is 19.1 Å². The molecule has 0 fully saturated rings. The standard InChI is InChI=1S/C26H27N3O4/c1-2-32-23-14-10-22(11-15-23)28-25(30)16-17-26(31)29-27-18-20-8-12-24(13-9-20)33-19-21-6-4-3-5-7-21/h3-15,18H,2,16-17,19H2,1H3,(H,28,30)(H,29,31). The van der Waals surface area contributed by atoms with Gasteiger partial charge in [0.05, 0.1) is 12.8 Å². The van der Waals surface area contributed by atoms with E-state index in [1.807, 2.05) is 61.5 Å². The van der Waals surface area contributed by atoms with Crippen LogP contribution in [0.1, 0.15) is 30.9 Å². The molecule has 0 radical (unpaired) electrons. The fourth-order valence-electron chi connectivity index (χ4n) is 2.88. The minimum atomic E-state index is -0.337. The van der Waals surface area contributed by atoms with Crippen LogP contribution < -0.4 is 20.2 Å². The molecule has 3 aromatic rings. The summed E-state index contributed by atoms with van der Waals surface area (Å²) in [5, 5.41) is 6.69. The van der Waals surface area contributed by atoms with Crippen LogP contribution in [-0.4, -0.2) is 24.6 Å². The van der Waals surface area contributed by atoms with Gasteiger partial charge in [-0.2, -0.15) is 5.10 Å². The van der Waals surface area contributed by atoms with Crippen LogP contribution in [0, 0.1) is 0 Å². The lowest BCUT2D eigenvalue weighted by Crippen LogP contribution is -2.20. The van der Waals surface area contributed by atoms with Crippen molar-refractivity contribution in [3.8, 4) is 11.5 Å². The van der Waals surface area contributed by atoms with Crippen molar-refractivity contribution in [1.29, 1.82) is 0 Å². The first kappa shape index (κ1) is 23.5. The lowest BCUT2D eigenvalue weighted by atomic mass is 10.2. The first-order valence-corrected chi connectivity index (χ1v) is 10.7.